The molecule has 0 atom stereocenters. The Morgan fingerprint density at radius 2 is 2.00 bits per heavy atom. The molecule has 13 heavy (non-hydrogen) atoms. The molecule has 0 heterocycles. The van der Waals surface area contributed by atoms with Crippen molar-refractivity contribution >= 4 is 6.08 Å². The van der Waals surface area contributed by atoms with E-state index >= 15 is 0 Å². The summed E-state index contributed by atoms with van der Waals surface area (Å²) < 4.78 is 5.07. The van der Waals surface area contributed by atoms with Crippen LogP contribution in [0.4, 0.5) is 0 Å². The molecule has 0 spiro atoms. The van der Waals surface area contributed by atoms with Crippen LogP contribution in [0, 0.1) is 0 Å². The molecule has 0 aliphatic carbocycles. The van der Waals surface area contributed by atoms with E-state index < -0.39 is 0 Å². The van der Waals surface area contributed by atoms with Crippen LogP contribution in [-0.4, -0.2) is 24.9 Å². The summed E-state index contributed by atoms with van der Waals surface area (Å²) in [5, 5.41) is 8.43. The lowest BCUT2D eigenvalue weighted by Crippen LogP contribution is -1.97. The van der Waals surface area contributed by atoms with E-state index in [0.717, 1.165) is 5.56 Å². The molecule has 0 fully saturated rings. The van der Waals surface area contributed by atoms with Crippen LogP contribution in [0.5, 0.6) is 0 Å². The van der Waals surface area contributed by atoms with Crippen molar-refractivity contribution < 1.29 is 9.84 Å². The third kappa shape index (κ3) is 4.45. The van der Waals surface area contributed by atoms with Crippen molar-refractivity contribution in [2.45, 2.75) is 0 Å². The predicted octanol–water partition coefficient (Wildman–Crippen LogP) is 1.71. The van der Waals surface area contributed by atoms with Crippen LogP contribution in [0.2, 0.25) is 0 Å². The van der Waals surface area contributed by atoms with E-state index in [4.69, 9.17) is 9.84 Å². The van der Waals surface area contributed by atoms with Crippen LogP contribution in [-0.2, 0) is 4.74 Å². The number of hydrogen-bond donors (Lipinski definition) is 1. The second-order valence-corrected chi connectivity index (χ2v) is 2.61. The smallest absolute Gasteiger partial charge is 0.0701 e. The second kappa shape index (κ2) is 6.40. The van der Waals surface area contributed by atoms with Crippen molar-refractivity contribution in [2.75, 3.05) is 19.8 Å². The normalized spacial score (nSPS) is 10.8. The molecule has 0 aliphatic rings. The van der Waals surface area contributed by atoms with Gasteiger partial charge in [0.25, 0.3) is 0 Å². The number of ether oxygens (including phenoxy) is 1. The highest BCUT2D eigenvalue weighted by Crippen LogP contribution is 2.00. The summed E-state index contributed by atoms with van der Waals surface area (Å²) in [7, 11) is 0. The molecule has 0 radical (unpaired) electrons. The summed E-state index contributed by atoms with van der Waals surface area (Å²) in [5.74, 6) is 0. The highest BCUT2D eigenvalue weighted by molar-refractivity contribution is 5.48. The maximum absolute atomic E-state index is 8.43. The fraction of sp³-hybridized carbons (Fsp3) is 0.273. The van der Waals surface area contributed by atoms with Gasteiger partial charge in [-0.05, 0) is 5.56 Å². The van der Waals surface area contributed by atoms with Gasteiger partial charge in [0, 0.05) is 0 Å². The molecule has 0 amide bonds. The lowest BCUT2D eigenvalue weighted by molar-refractivity contribution is 0.112. The first kappa shape index (κ1) is 9.96. The summed E-state index contributed by atoms with van der Waals surface area (Å²) in [4.78, 5) is 0. The molecule has 1 rings (SSSR count). The first-order valence-electron chi connectivity index (χ1n) is 4.33. The van der Waals surface area contributed by atoms with Gasteiger partial charge in [-0.25, -0.2) is 0 Å². The molecule has 1 aromatic rings. The van der Waals surface area contributed by atoms with E-state index in [1.807, 2.05) is 42.5 Å². The van der Waals surface area contributed by atoms with Crippen molar-refractivity contribution in [3.8, 4) is 0 Å². The highest BCUT2D eigenvalue weighted by Gasteiger charge is 1.83. The molecule has 2 nitrogen and oxygen atoms in total. The number of hydrogen-bond acceptors (Lipinski definition) is 2. The van der Waals surface area contributed by atoms with Gasteiger partial charge in [0.15, 0.2) is 0 Å². The number of aliphatic hydroxyl groups excluding tert-OH is 1. The van der Waals surface area contributed by atoms with Crippen molar-refractivity contribution in [3.05, 3.63) is 42.0 Å². The Labute approximate surface area is 78.5 Å². The van der Waals surface area contributed by atoms with Crippen LogP contribution in [0.1, 0.15) is 5.56 Å². The summed E-state index contributed by atoms with van der Waals surface area (Å²) in [6, 6.07) is 10.0. The first-order chi connectivity index (χ1) is 6.43. The summed E-state index contributed by atoms with van der Waals surface area (Å²) in [5.41, 5.74) is 1.16. The third-order valence-corrected chi connectivity index (χ3v) is 1.56. The van der Waals surface area contributed by atoms with Crippen LogP contribution < -0.4 is 0 Å². The van der Waals surface area contributed by atoms with Gasteiger partial charge in [-0.2, -0.15) is 0 Å². The molecule has 1 N–H and O–H groups in total. The van der Waals surface area contributed by atoms with Crippen molar-refractivity contribution in [1.29, 1.82) is 0 Å². The van der Waals surface area contributed by atoms with Crippen molar-refractivity contribution in [1.82, 2.24) is 0 Å². The van der Waals surface area contributed by atoms with Gasteiger partial charge in [-0.15, -0.1) is 0 Å². The summed E-state index contributed by atoms with van der Waals surface area (Å²) >= 11 is 0. The maximum Gasteiger partial charge on any atom is 0.0701 e. The molecule has 0 unspecified atom stereocenters. The Morgan fingerprint density at radius 1 is 1.23 bits per heavy atom. The third-order valence-electron chi connectivity index (χ3n) is 1.56. The first-order valence-corrected chi connectivity index (χ1v) is 4.33. The van der Waals surface area contributed by atoms with Crippen molar-refractivity contribution in [3.63, 3.8) is 0 Å². The van der Waals surface area contributed by atoms with Gasteiger partial charge in [-0.1, -0.05) is 42.5 Å². The molecule has 0 aromatic heterocycles. The van der Waals surface area contributed by atoms with E-state index in [1.165, 1.54) is 0 Å². The van der Waals surface area contributed by atoms with Gasteiger partial charge in [0.2, 0.25) is 0 Å². The number of aliphatic hydroxyl groups is 1. The number of rotatable bonds is 5. The Hall–Kier alpha value is -1.12. The number of benzene rings is 1. The van der Waals surface area contributed by atoms with Crippen LogP contribution >= 0.6 is 0 Å². The van der Waals surface area contributed by atoms with Crippen LogP contribution in [0.15, 0.2) is 36.4 Å². The quantitative estimate of drug-likeness (QED) is 0.695. The minimum atomic E-state index is 0.0825. The molecule has 0 saturated carbocycles. The average Bonchev–Trinajstić information content (AvgIpc) is 2.19. The molecule has 2 heteroatoms. The topological polar surface area (TPSA) is 29.5 Å². The van der Waals surface area contributed by atoms with Gasteiger partial charge in [-0.3, -0.25) is 0 Å². The molecule has 0 saturated heterocycles. The van der Waals surface area contributed by atoms with Gasteiger partial charge in [0.1, 0.15) is 0 Å². The van der Waals surface area contributed by atoms with E-state index in [1.54, 1.807) is 0 Å². The minimum absolute atomic E-state index is 0.0825. The zero-order valence-corrected chi connectivity index (χ0v) is 7.52. The van der Waals surface area contributed by atoms with E-state index in [-0.39, 0.29) is 6.61 Å². The van der Waals surface area contributed by atoms with Gasteiger partial charge in [0.05, 0.1) is 19.8 Å². The lowest BCUT2D eigenvalue weighted by Gasteiger charge is -1.95. The monoisotopic (exact) mass is 178 g/mol. The zero-order chi connectivity index (χ0) is 9.36. The molecule has 70 valence electrons. The molecule has 0 bridgehead atoms. The van der Waals surface area contributed by atoms with E-state index in [2.05, 4.69) is 0 Å². The van der Waals surface area contributed by atoms with Crippen LogP contribution in [0.3, 0.4) is 0 Å². The lowest BCUT2D eigenvalue weighted by atomic mass is 10.2. The SMILES string of the molecule is OCCOCC=Cc1ccccc1. The molecule has 0 aliphatic heterocycles. The van der Waals surface area contributed by atoms with Crippen molar-refractivity contribution in [2.24, 2.45) is 0 Å². The standard InChI is InChI=1S/C11H14O2/c12-8-10-13-9-4-7-11-5-2-1-3-6-11/h1-7,12H,8-10H2. The molecular formula is C11H14O2. The maximum atomic E-state index is 8.43. The fourth-order valence-electron chi connectivity index (χ4n) is 0.964. The summed E-state index contributed by atoms with van der Waals surface area (Å²) in [6.45, 7) is 1.04. The fourth-order valence-corrected chi connectivity index (χ4v) is 0.964. The van der Waals surface area contributed by atoms with E-state index in [9.17, 15) is 0 Å². The predicted molar refractivity (Wildman–Crippen MR) is 53.4 cm³/mol. The van der Waals surface area contributed by atoms with Crippen LogP contribution in [0.25, 0.3) is 6.08 Å². The Morgan fingerprint density at radius 3 is 2.69 bits per heavy atom. The Kier molecular flexibility index (Phi) is 4.91. The Balaban J connectivity index is 2.25. The zero-order valence-electron chi connectivity index (χ0n) is 7.52. The molecule has 1 aromatic carbocycles. The average molecular weight is 178 g/mol. The van der Waals surface area contributed by atoms with E-state index in [0.29, 0.717) is 13.2 Å². The summed E-state index contributed by atoms with van der Waals surface area (Å²) in [6.07, 6.45) is 3.93. The minimum Gasteiger partial charge on any atom is -0.394 e. The van der Waals surface area contributed by atoms with Gasteiger partial charge < -0.3 is 9.84 Å². The highest BCUT2D eigenvalue weighted by atomic mass is 16.5. The molecular weight excluding hydrogens is 164 g/mol. The largest absolute Gasteiger partial charge is 0.394 e. The van der Waals surface area contributed by atoms with Gasteiger partial charge >= 0.3 is 0 Å². The Bertz CT molecular complexity index is 242. The second-order valence-electron chi connectivity index (χ2n) is 2.61.